The van der Waals surface area contributed by atoms with Gasteiger partial charge in [0.15, 0.2) is 0 Å². The maximum absolute atomic E-state index is 4.61. The van der Waals surface area contributed by atoms with Crippen LogP contribution in [0.3, 0.4) is 0 Å². The number of likely N-dealkylation sites (tertiary alicyclic amines) is 1. The van der Waals surface area contributed by atoms with Gasteiger partial charge in [0.2, 0.25) is 0 Å². The van der Waals surface area contributed by atoms with Gasteiger partial charge in [-0.15, -0.1) is 0 Å². The van der Waals surface area contributed by atoms with Crippen LogP contribution in [0.15, 0.2) is 0 Å². The van der Waals surface area contributed by atoms with Crippen LogP contribution in [-0.2, 0) is 0 Å². The Balaban J connectivity index is 2.46. The van der Waals surface area contributed by atoms with E-state index >= 15 is 0 Å². The Labute approximate surface area is 75.6 Å². The van der Waals surface area contributed by atoms with Gasteiger partial charge >= 0.3 is 0 Å². The molecule has 1 atom stereocenters. The minimum Gasteiger partial charge on any atom is -0.306 e. The van der Waals surface area contributed by atoms with Gasteiger partial charge in [-0.3, -0.25) is 0 Å². The minimum atomic E-state index is 0.203. The van der Waals surface area contributed by atoms with E-state index in [4.69, 9.17) is 0 Å². The number of hydrogen-bond acceptors (Lipinski definition) is 2. The Bertz CT molecular complexity index is 128. The maximum atomic E-state index is 4.61. The number of piperidine rings is 1. The summed E-state index contributed by atoms with van der Waals surface area (Å²) in [6.07, 6.45) is 2.69. The highest BCUT2D eigenvalue weighted by molar-refractivity contribution is 7.81. The van der Waals surface area contributed by atoms with Crippen LogP contribution in [0.25, 0.3) is 0 Å². The van der Waals surface area contributed by atoms with Gasteiger partial charge in [-0.2, -0.15) is 12.6 Å². The molecule has 66 valence electrons. The van der Waals surface area contributed by atoms with Crippen molar-refractivity contribution < 1.29 is 0 Å². The summed E-state index contributed by atoms with van der Waals surface area (Å²) in [4.78, 5) is 2.41. The van der Waals surface area contributed by atoms with Crippen LogP contribution in [0.1, 0.15) is 26.7 Å². The molecule has 1 nitrogen and oxygen atoms in total. The SMILES string of the molecule is CN1CCCC(C(C)(C)S)C1. The van der Waals surface area contributed by atoms with Crippen molar-refractivity contribution in [1.82, 2.24) is 4.90 Å². The zero-order chi connectivity index (χ0) is 8.48. The van der Waals surface area contributed by atoms with Gasteiger partial charge in [-0.05, 0) is 32.4 Å². The fourth-order valence-corrected chi connectivity index (χ4v) is 1.95. The number of nitrogens with zero attached hydrogens (tertiary/aromatic N) is 1. The van der Waals surface area contributed by atoms with Gasteiger partial charge in [-0.1, -0.05) is 13.8 Å². The first-order chi connectivity index (χ1) is 5.00. The van der Waals surface area contributed by atoms with Crippen molar-refractivity contribution in [3.05, 3.63) is 0 Å². The van der Waals surface area contributed by atoms with Gasteiger partial charge in [0.25, 0.3) is 0 Å². The van der Waals surface area contributed by atoms with E-state index in [2.05, 4.69) is 38.4 Å². The normalized spacial score (nSPS) is 28.9. The molecular weight excluding hydrogens is 154 g/mol. The van der Waals surface area contributed by atoms with Crippen molar-refractivity contribution in [3.63, 3.8) is 0 Å². The zero-order valence-corrected chi connectivity index (χ0v) is 8.69. The van der Waals surface area contributed by atoms with E-state index in [1.165, 1.54) is 25.9 Å². The first kappa shape index (κ1) is 9.40. The standard InChI is InChI=1S/C9H19NS/c1-9(2,11)8-5-4-6-10(3)7-8/h8,11H,4-7H2,1-3H3. The predicted molar refractivity (Wildman–Crippen MR) is 53.3 cm³/mol. The lowest BCUT2D eigenvalue weighted by atomic mass is 9.87. The summed E-state index contributed by atoms with van der Waals surface area (Å²) in [7, 11) is 2.20. The molecule has 2 heteroatoms. The third-order valence-corrected chi connectivity index (χ3v) is 2.99. The molecule has 0 aromatic rings. The monoisotopic (exact) mass is 173 g/mol. The molecule has 1 heterocycles. The van der Waals surface area contributed by atoms with E-state index in [0.29, 0.717) is 0 Å². The summed E-state index contributed by atoms with van der Waals surface area (Å²) in [5, 5.41) is 0. The van der Waals surface area contributed by atoms with Crippen molar-refractivity contribution in [3.8, 4) is 0 Å². The van der Waals surface area contributed by atoms with Gasteiger partial charge in [0.05, 0.1) is 0 Å². The highest BCUT2D eigenvalue weighted by Gasteiger charge is 2.28. The van der Waals surface area contributed by atoms with Crippen molar-refractivity contribution >= 4 is 12.6 Å². The quantitative estimate of drug-likeness (QED) is 0.594. The highest BCUT2D eigenvalue weighted by atomic mass is 32.1. The lowest BCUT2D eigenvalue weighted by Gasteiger charge is -2.37. The average molecular weight is 173 g/mol. The Morgan fingerprint density at radius 3 is 2.45 bits per heavy atom. The first-order valence-corrected chi connectivity index (χ1v) is 4.86. The Morgan fingerprint density at radius 1 is 1.45 bits per heavy atom. The van der Waals surface area contributed by atoms with Crippen LogP contribution >= 0.6 is 12.6 Å². The van der Waals surface area contributed by atoms with Crippen LogP contribution in [0.2, 0.25) is 0 Å². The number of thiol groups is 1. The van der Waals surface area contributed by atoms with Crippen LogP contribution in [0.4, 0.5) is 0 Å². The molecule has 0 aromatic heterocycles. The first-order valence-electron chi connectivity index (χ1n) is 4.41. The molecule has 11 heavy (non-hydrogen) atoms. The predicted octanol–water partition coefficient (Wildman–Crippen LogP) is 2.04. The summed E-state index contributed by atoms with van der Waals surface area (Å²) in [5.41, 5.74) is 0. The second-order valence-corrected chi connectivity index (χ2v) is 5.41. The van der Waals surface area contributed by atoms with Crippen molar-refractivity contribution in [1.29, 1.82) is 0 Å². The molecule has 0 aromatic carbocycles. The van der Waals surface area contributed by atoms with E-state index in [-0.39, 0.29) is 4.75 Å². The molecule has 0 radical (unpaired) electrons. The van der Waals surface area contributed by atoms with Gasteiger partial charge < -0.3 is 4.90 Å². The Kier molecular flexibility index (Phi) is 2.87. The van der Waals surface area contributed by atoms with E-state index < -0.39 is 0 Å². The number of rotatable bonds is 1. The summed E-state index contributed by atoms with van der Waals surface area (Å²) < 4.78 is 0.203. The van der Waals surface area contributed by atoms with Crippen molar-refractivity contribution in [2.24, 2.45) is 5.92 Å². The van der Waals surface area contributed by atoms with Gasteiger partial charge in [0.1, 0.15) is 0 Å². The summed E-state index contributed by atoms with van der Waals surface area (Å²) in [5.74, 6) is 0.768. The van der Waals surface area contributed by atoms with Crippen LogP contribution in [-0.4, -0.2) is 29.8 Å². The van der Waals surface area contributed by atoms with E-state index in [0.717, 1.165) is 5.92 Å². The van der Waals surface area contributed by atoms with E-state index in [1.54, 1.807) is 0 Å². The summed E-state index contributed by atoms with van der Waals surface area (Å²) in [6.45, 7) is 6.93. The molecule has 1 aliphatic heterocycles. The zero-order valence-electron chi connectivity index (χ0n) is 7.80. The van der Waals surface area contributed by atoms with Crippen molar-refractivity contribution in [2.45, 2.75) is 31.4 Å². The third kappa shape index (κ3) is 2.68. The molecule has 1 fully saturated rings. The van der Waals surface area contributed by atoms with Crippen LogP contribution in [0.5, 0.6) is 0 Å². The Morgan fingerprint density at radius 2 is 2.09 bits per heavy atom. The highest BCUT2D eigenvalue weighted by Crippen LogP contribution is 2.30. The lowest BCUT2D eigenvalue weighted by molar-refractivity contribution is 0.187. The molecule has 0 saturated carbocycles. The van der Waals surface area contributed by atoms with Crippen LogP contribution < -0.4 is 0 Å². The topological polar surface area (TPSA) is 3.24 Å². The molecule has 1 saturated heterocycles. The molecule has 1 rings (SSSR count). The second-order valence-electron chi connectivity index (χ2n) is 4.26. The molecule has 0 amide bonds. The number of hydrogen-bond donors (Lipinski definition) is 1. The largest absolute Gasteiger partial charge is 0.306 e. The molecular formula is C9H19NS. The molecule has 0 aliphatic carbocycles. The van der Waals surface area contributed by atoms with E-state index in [1.807, 2.05) is 0 Å². The average Bonchev–Trinajstić information content (AvgIpc) is 1.86. The van der Waals surface area contributed by atoms with Gasteiger partial charge in [0, 0.05) is 11.3 Å². The summed E-state index contributed by atoms with van der Waals surface area (Å²) in [6, 6.07) is 0. The molecule has 0 N–H and O–H groups in total. The Hall–Kier alpha value is 0.310. The molecule has 0 spiro atoms. The van der Waals surface area contributed by atoms with Crippen LogP contribution in [0, 0.1) is 5.92 Å². The van der Waals surface area contributed by atoms with Gasteiger partial charge in [-0.25, -0.2) is 0 Å². The molecule has 0 bridgehead atoms. The maximum Gasteiger partial charge on any atom is 0.0113 e. The molecule has 1 unspecified atom stereocenters. The minimum absolute atomic E-state index is 0.203. The van der Waals surface area contributed by atoms with Crippen molar-refractivity contribution in [2.75, 3.05) is 20.1 Å². The lowest BCUT2D eigenvalue weighted by Crippen LogP contribution is -2.40. The summed E-state index contributed by atoms with van der Waals surface area (Å²) >= 11 is 4.61. The fraction of sp³-hybridized carbons (Fsp3) is 1.00. The second kappa shape index (κ2) is 3.36. The van der Waals surface area contributed by atoms with E-state index in [9.17, 15) is 0 Å². The third-order valence-electron chi connectivity index (χ3n) is 2.62. The fourth-order valence-electron chi connectivity index (χ4n) is 1.74. The molecule has 1 aliphatic rings. The smallest absolute Gasteiger partial charge is 0.0113 e.